The molecule has 0 amide bonds. The van der Waals surface area contributed by atoms with Crippen molar-refractivity contribution in [3.05, 3.63) is 28.8 Å². The summed E-state index contributed by atoms with van der Waals surface area (Å²) in [5.41, 5.74) is 3.11. The summed E-state index contributed by atoms with van der Waals surface area (Å²) in [5.74, 6) is 0.969. The fraction of sp³-hybridized carbons (Fsp3) is 0.600. The first-order chi connectivity index (χ1) is 7.83. The molecule has 1 N–H and O–H groups in total. The predicted octanol–water partition coefficient (Wildman–Crippen LogP) is 3.41. The Hall–Kier alpha value is -1.02. The molecular formula is C15H24O2. The van der Waals surface area contributed by atoms with Crippen LogP contribution in [-0.4, -0.2) is 17.3 Å². The van der Waals surface area contributed by atoms with Crippen LogP contribution >= 0.6 is 0 Å². The highest BCUT2D eigenvalue weighted by molar-refractivity contribution is 5.41. The van der Waals surface area contributed by atoms with Gasteiger partial charge in [-0.25, -0.2) is 0 Å². The standard InChI is InChI=1S/C15H24O2/c1-6-17-14-10-11(2)13(9-12(14)3)7-8-15(4,5)16/h9-10,16H,6-8H2,1-5H3. The van der Waals surface area contributed by atoms with E-state index in [9.17, 15) is 5.11 Å². The second-order valence-corrected chi connectivity index (χ2v) is 5.29. The molecule has 0 heterocycles. The van der Waals surface area contributed by atoms with Gasteiger partial charge in [-0.3, -0.25) is 0 Å². The number of hydrogen-bond acceptors (Lipinski definition) is 2. The average Bonchev–Trinajstić information content (AvgIpc) is 2.20. The Morgan fingerprint density at radius 3 is 2.35 bits per heavy atom. The third-order valence-corrected chi connectivity index (χ3v) is 2.94. The highest BCUT2D eigenvalue weighted by atomic mass is 16.5. The number of hydrogen-bond donors (Lipinski definition) is 1. The van der Waals surface area contributed by atoms with Crippen LogP contribution in [0.4, 0.5) is 0 Å². The van der Waals surface area contributed by atoms with E-state index in [-0.39, 0.29) is 0 Å². The van der Waals surface area contributed by atoms with Gasteiger partial charge in [0.05, 0.1) is 12.2 Å². The van der Waals surface area contributed by atoms with Gasteiger partial charge in [0.2, 0.25) is 0 Å². The summed E-state index contributed by atoms with van der Waals surface area (Å²) in [5, 5.41) is 9.75. The molecule has 0 unspecified atom stereocenters. The lowest BCUT2D eigenvalue weighted by Crippen LogP contribution is -2.19. The molecule has 0 bridgehead atoms. The van der Waals surface area contributed by atoms with E-state index < -0.39 is 5.60 Å². The maximum atomic E-state index is 9.75. The van der Waals surface area contributed by atoms with Crippen molar-refractivity contribution in [2.24, 2.45) is 0 Å². The fourth-order valence-corrected chi connectivity index (χ4v) is 1.87. The molecule has 2 heteroatoms. The molecule has 0 aromatic heterocycles. The molecule has 0 spiro atoms. The molecule has 0 radical (unpaired) electrons. The SMILES string of the molecule is CCOc1cc(C)c(CCC(C)(C)O)cc1C. The first-order valence-corrected chi connectivity index (χ1v) is 6.29. The van der Waals surface area contributed by atoms with Crippen LogP contribution in [0.15, 0.2) is 12.1 Å². The van der Waals surface area contributed by atoms with Crippen molar-refractivity contribution < 1.29 is 9.84 Å². The van der Waals surface area contributed by atoms with Crippen LogP contribution in [0.1, 0.15) is 43.9 Å². The van der Waals surface area contributed by atoms with Gasteiger partial charge >= 0.3 is 0 Å². The molecule has 0 atom stereocenters. The maximum absolute atomic E-state index is 9.75. The highest BCUT2D eigenvalue weighted by Crippen LogP contribution is 2.25. The van der Waals surface area contributed by atoms with E-state index in [4.69, 9.17) is 4.74 Å². The zero-order valence-corrected chi connectivity index (χ0v) is 11.6. The molecule has 2 nitrogen and oxygen atoms in total. The molecule has 0 saturated carbocycles. The monoisotopic (exact) mass is 236 g/mol. The van der Waals surface area contributed by atoms with Gasteiger partial charge in [-0.15, -0.1) is 0 Å². The van der Waals surface area contributed by atoms with Crippen molar-refractivity contribution in [3.8, 4) is 5.75 Å². The Morgan fingerprint density at radius 2 is 1.82 bits per heavy atom. The van der Waals surface area contributed by atoms with E-state index in [2.05, 4.69) is 26.0 Å². The minimum Gasteiger partial charge on any atom is -0.494 e. The summed E-state index contributed by atoms with van der Waals surface area (Å²) in [6, 6.07) is 4.27. The summed E-state index contributed by atoms with van der Waals surface area (Å²) < 4.78 is 5.57. The van der Waals surface area contributed by atoms with Crippen molar-refractivity contribution >= 4 is 0 Å². The fourth-order valence-electron chi connectivity index (χ4n) is 1.87. The lowest BCUT2D eigenvalue weighted by molar-refractivity contribution is 0.0713. The van der Waals surface area contributed by atoms with Crippen molar-refractivity contribution in [1.82, 2.24) is 0 Å². The molecule has 0 saturated heterocycles. The van der Waals surface area contributed by atoms with Gasteiger partial charge in [-0.1, -0.05) is 6.07 Å². The molecule has 0 aliphatic heterocycles. The number of rotatable bonds is 5. The van der Waals surface area contributed by atoms with Gasteiger partial charge in [-0.2, -0.15) is 0 Å². The zero-order chi connectivity index (χ0) is 13.1. The number of aliphatic hydroxyl groups is 1. The summed E-state index contributed by atoms with van der Waals surface area (Å²) in [6.07, 6.45) is 1.68. The van der Waals surface area contributed by atoms with Crippen molar-refractivity contribution in [2.75, 3.05) is 6.61 Å². The molecule has 0 fully saturated rings. The van der Waals surface area contributed by atoms with Gasteiger partial charge in [0.1, 0.15) is 5.75 Å². The third-order valence-electron chi connectivity index (χ3n) is 2.94. The quantitative estimate of drug-likeness (QED) is 0.849. The van der Waals surface area contributed by atoms with Crippen LogP contribution in [0, 0.1) is 13.8 Å². The number of benzene rings is 1. The Kier molecular flexibility index (Phi) is 4.58. The zero-order valence-electron chi connectivity index (χ0n) is 11.6. The van der Waals surface area contributed by atoms with Crippen LogP contribution in [0.3, 0.4) is 0 Å². The minimum absolute atomic E-state index is 0.598. The number of aryl methyl sites for hydroxylation is 3. The molecule has 0 aliphatic carbocycles. The summed E-state index contributed by atoms with van der Waals surface area (Å²) >= 11 is 0. The Morgan fingerprint density at radius 1 is 1.18 bits per heavy atom. The van der Waals surface area contributed by atoms with Crippen LogP contribution in [0.5, 0.6) is 5.75 Å². The largest absolute Gasteiger partial charge is 0.494 e. The van der Waals surface area contributed by atoms with Crippen molar-refractivity contribution in [3.63, 3.8) is 0 Å². The smallest absolute Gasteiger partial charge is 0.122 e. The van der Waals surface area contributed by atoms with Gasteiger partial charge in [0.15, 0.2) is 0 Å². The van der Waals surface area contributed by atoms with Gasteiger partial charge < -0.3 is 9.84 Å². The second kappa shape index (κ2) is 5.54. The highest BCUT2D eigenvalue weighted by Gasteiger charge is 2.13. The molecule has 1 aromatic rings. The minimum atomic E-state index is -0.598. The lowest BCUT2D eigenvalue weighted by atomic mass is 9.95. The first kappa shape index (κ1) is 14.0. The second-order valence-electron chi connectivity index (χ2n) is 5.29. The molecule has 0 aliphatic rings. The molecule has 96 valence electrons. The van der Waals surface area contributed by atoms with E-state index in [0.29, 0.717) is 6.61 Å². The summed E-state index contributed by atoms with van der Waals surface area (Å²) in [7, 11) is 0. The molecule has 1 rings (SSSR count). The van der Waals surface area contributed by atoms with Crippen molar-refractivity contribution in [1.29, 1.82) is 0 Å². The first-order valence-electron chi connectivity index (χ1n) is 6.29. The van der Waals surface area contributed by atoms with Crippen molar-refractivity contribution in [2.45, 2.75) is 53.1 Å². The van der Waals surface area contributed by atoms with E-state index >= 15 is 0 Å². The lowest BCUT2D eigenvalue weighted by Gasteiger charge is -2.18. The normalized spacial score (nSPS) is 11.6. The van der Waals surface area contributed by atoms with E-state index in [1.165, 1.54) is 16.7 Å². The molecule has 1 aromatic carbocycles. The third kappa shape index (κ3) is 4.39. The Bertz CT molecular complexity index is 375. The molecule has 17 heavy (non-hydrogen) atoms. The predicted molar refractivity (Wildman–Crippen MR) is 71.7 cm³/mol. The average molecular weight is 236 g/mol. The summed E-state index contributed by atoms with van der Waals surface area (Å²) in [6.45, 7) is 10.6. The van der Waals surface area contributed by atoms with Crippen LogP contribution in [0.2, 0.25) is 0 Å². The van der Waals surface area contributed by atoms with Crippen LogP contribution < -0.4 is 4.74 Å². The molecular weight excluding hydrogens is 212 g/mol. The topological polar surface area (TPSA) is 29.5 Å². The maximum Gasteiger partial charge on any atom is 0.122 e. The van der Waals surface area contributed by atoms with Crippen LogP contribution in [-0.2, 0) is 6.42 Å². The Balaban J connectivity index is 2.84. The van der Waals surface area contributed by atoms with Crippen LogP contribution in [0.25, 0.3) is 0 Å². The Labute approximate surface area is 105 Å². The van der Waals surface area contributed by atoms with Gasteiger partial charge in [0.25, 0.3) is 0 Å². The van der Waals surface area contributed by atoms with E-state index in [1.807, 2.05) is 20.8 Å². The number of ether oxygens (including phenoxy) is 1. The van der Waals surface area contributed by atoms with Gasteiger partial charge in [-0.05, 0) is 70.2 Å². The van der Waals surface area contributed by atoms with E-state index in [0.717, 1.165) is 18.6 Å². The van der Waals surface area contributed by atoms with E-state index in [1.54, 1.807) is 0 Å². The summed E-state index contributed by atoms with van der Waals surface area (Å²) in [4.78, 5) is 0. The van der Waals surface area contributed by atoms with Gasteiger partial charge in [0, 0.05) is 0 Å².